The average Bonchev–Trinajstić information content (AvgIpc) is 2.65. The average molecular weight is 289 g/mol. The predicted molar refractivity (Wildman–Crippen MR) is 64.2 cm³/mol. The van der Waals surface area contributed by atoms with Crippen LogP contribution in [-0.2, 0) is 0 Å². The highest BCUT2D eigenvalue weighted by atomic mass is 79.9. The monoisotopic (exact) mass is 288 g/mol. The summed E-state index contributed by atoms with van der Waals surface area (Å²) in [7, 11) is 0. The zero-order valence-corrected chi connectivity index (χ0v) is 11.0. The summed E-state index contributed by atoms with van der Waals surface area (Å²) in [4.78, 5) is 18.8. The first-order valence-corrected chi connectivity index (χ1v) is 6.71. The first kappa shape index (κ1) is 11.1. The van der Waals surface area contributed by atoms with E-state index in [0.29, 0.717) is 6.04 Å². The van der Waals surface area contributed by atoms with Gasteiger partial charge in [0.25, 0.3) is 5.91 Å². The quantitative estimate of drug-likeness (QED) is 0.796. The fourth-order valence-corrected chi connectivity index (χ4v) is 3.12. The Balaban J connectivity index is 2.13. The molecule has 0 saturated carbocycles. The third kappa shape index (κ3) is 2.39. The van der Waals surface area contributed by atoms with Crippen molar-refractivity contribution >= 4 is 33.2 Å². The number of carbonyl (C=O) groups is 1. The molecule has 1 aliphatic heterocycles. The summed E-state index contributed by atoms with van der Waals surface area (Å²) >= 11 is 4.68. The minimum absolute atomic E-state index is 0.130. The number of amides is 1. The van der Waals surface area contributed by atoms with Crippen LogP contribution in [0.3, 0.4) is 0 Å². The molecule has 1 aliphatic rings. The maximum absolute atomic E-state index is 12.1. The van der Waals surface area contributed by atoms with Crippen LogP contribution in [0.15, 0.2) is 10.1 Å². The smallest absolute Gasteiger partial charge is 0.265 e. The number of thiazole rings is 1. The van der Waals surface area contributed by atoms with Gasteiger partial charge in [0.2, 0.25) is 0 Å². The van der Waals surface area contributed by atoms with Gasteiger partial charge in [-0.05, 0) is 42.1 Å². The van der Waals surface area contributed by atoms with Gasteiger partial charge < -0.3 is 4.90 Å². The predicted octanol–water partition coefficient (Wildman–Crippen LogP) is 2.92. The number of likely N-dealkylation sites (tertiary alicyclic amines) is 1. The van der Waals surface area contributed by atoms with Crippen molar-refractivity contribution < 1.29 is 4.79 Å². The molecule has 1 saturated heterocycles. The zero-order chi connectivity index (χ0) is 10.8. The molecule has 1 atom stereocenters. The summed E-state index contributed by atoms with van der Waals surface area (Å²) < 4.78 is 0.774. The van der Waals surface area contributed by atoms with Crippen LogP contribution in [0.25, 0.3) is 0 Å². The standard InChI is InChI=1S/C10H13BrN2OS/c1-7-4-2-3-5-13(7)9(14)8-6-12-10(11)15-8/h6-7H,2-5H2,1H3. The molecule has 0 spiro atoms. The maximum atomic E-state index is 12.1. The molecule has 2 rings (SSSR count). The number of halogens is 1. The van der Waals surface area contributed by atoms with Gasteiger partial charge in [-0.3, -0.25) is 4.79 Å². The van der Waals surface area contributed by atoms with Crippen molar-refractivity contribution in [3.05, 3.63) is 15.0 Å². The van der Waals surface area contributed by atoms with E-state index in [1.807, 2.05) is 4.90 Å². The number of carbonyl (C=O) groups excluding carboxylic acids is 1. The third-order valence-corrected chi connectivity index (χ3v) is 4.22. The number of hydrogen-bond acceptors (Lipinski definition) is 3. The Bertz CT molecular complexity index is 366. The van der Waals surface area contributed by atoms with Crippen molar-refractivity contribution in [2.45, 2.75) is 32.2 Å². The molecule has 0 N–H and O–H groups in total. The minimum atomic E-state index is 0.130. The Morgan fingerprint density at radius 3 is 3.07 bits per heavy atom. The van der Waals surface area contributed by atoms with Crippen LogP contribution in [0, 0.1) is 0 Å². The Morgan fingerprint density at radius 1 is 1.67 bits per heavy atom. The molecule has 82 valence electrons. The molecule has 2 heterocycles. The molecular formula is C10H13BrN2OS. The van der Waals surface area contributed by atoms with Crippen molar-refractivity contribution in [2.24, 2.45) is 0 Å². The Kier molecular flexibility index (Phi) is 3.41. The van der Waals surface area contributed by atoms with Gasteiger partial charge in [-0.25, -0.2) is 4.98 Å². The van der Waals surface area contributed by atoms with Crippen molar-refractivity contribution in [1.82, 2.24) is 9.88 Å². The van der Waals surface area contributed by atoms with Crippen molar-refractivity contribution in [2.75, 3.05) is 6.54 Å². The van der Waals surface area contributed by atoms with Gasteiger partial charge in [-0.15, -0.1) is 11.3 Å². The van der Waals surface area contributed by atoms with Gasteiger partial charge in [-0.1, -0.05) is 0 Å². The second-order valence-electron chi connectivity index (χ2n) is 3.82. The lowest BCUT2D eigenvalue weighted by molar-refractivity contribution is 0.0640. The molecule has 0 aliphatic carbocycles. The normalized spacial score (nSPS) is 21.7. The van der Waals surface area contributed by atoms with Gasteiger partial charge in [0.15, 0.2) is 3.92 Å². The van der Waals surface area contributed by atoms with E-state index in [1.54, 1.807) is 6.20 Å². The summed E-state index contributed by atoms with van der Waals surface area (Å²) in [6, 6.07) is 0.368. The van der Waals surface area contributed by atoms with Gasteiger partial charge in [0.1, 0.15) is 4.88 Å². The topological polar surface area (TPSA) is 33.2 Å². The minimum Gasteiger partial charge on any atom is -0.335 e. The van der Waals surface area contributed by atoms with Gasteiger partial charge in [-0.2, -0.15) is 0 Å². The van der Waals surface area contributed by atoms with Gasteiger partial charge >= 0.3 is 0 Å². The number of piperidine rings is 1. The Hall–Kier alpha value is -0.420. The first-order chi connectivity index (χ1) is 7.18. The zero-order valence-electron chi connectivity index (χ0n) is 8.57. The van der Waals surface area contributed by atoms with Crippen LogP contribution in [0.1, 0.15) is 35.9 Å². The highest BCUT2D eigenvalue weighted by Gasteiger charge is 2.25. The molecule has 1 amide bonds. The van der Waals surface area contributed by atoms with E-state index < -0.39 is 0 Å². The summed E-state index contributed by atoms with van der Waals surface area (Å²) in [5.41, 5.74) is 0. The molecule has 0 radical (unpaired) electrons. The van der Waals surface area contributed by atoms with E-state index in [4.69, 9.17) is 0 Å². The fourth-order valence-electron chi connectivity index (χ4n) is 1.89. The van der Waals surface area contributed by atoms with E-state index in [2.05, 4.69) is 27.8 Å². The molecule has 1 aromatic heterocycles. The summed E-state index contributed by atoms with van der Waals surface area (Å²) in [5.74, 6) is 0.130. The van der Waals surface area contributed by atoms with E-state index in [1.165, 1.54) is 17.8 Å². The van der Waals surface area contributed by atoms with Crippen molar-refractivity contribution in [3.8, 4) is 0 Å². The van der Waals surface area contributed by atoms with Gasteiger partial charge in [0.05, 0.1) is 6.20 Å². The number of nitrogens with zero attached hydrogens (tertiary/aromatic N) is 2. The van der Waals surface area contributed by atoms with Crippen LogP contribution in [0.4, 0.5) is 0 Å². The molecular weight excluding hydrogens is 276 g/mol. The van der Waals surface area contributed by atoms with E-state index in [0.717, 1.165) is 28.2 Å². The Labute approximate surface area is 102 Å². The van der Waals surface area contributed by atoms with Crippen LogP contribution in [0.2, 0.25) is 0 Å². The number of aromatic nitrogens is 1. The van der Waals surface area contributed by atoms with Crippen molar-refractivity contribution in [3.63, 3.8) is 0 Å². The second-order valence-corrected chi connectivity index (χ2v) is 6.13. The van der Waals surface area contributed by atoms with E-state index >= 15 is 0 Å². The van der Waals surface area contributed by atoms with E-state index in [9.17, 15) is 4.79 Å². The second kappa shape index (κ2) is 4.61. The van der Waals surface area contributed by atoms with Crippen LogP contribution >= 0.6 is 27.3 Å². The van der Waals surface area contributed by atoms with E-state index in [-0.39, 0.29) is 5.91 Å². The van der Waals surface area contributed by atoms with Crippen LogP contribution in [0.5, 0.6) is 0 Å². The largest absolute Gasteiger partial charge is 0.335 e. The molecule has 15 heavy (non-hydrogen) atoms. The summed E-state index contributed by atoms with van der Waals surface area (Å²) in [6.45, 7) is 3.00. The fraction of sp³-hybridized carbons (Fsp3) is 0.600. The molecule has 1 fully saturated rings. The lowest BCUT2D eigenvalue weighted by Gasteiger charge is -2.32. The van der Waals surface area contributed by atoms with Crippen LogP contribution in [-0.4, -0.2) is 28.4 Å². The highest BCUT2D eigenvalue weighted by molar-refractivity contribution is 9.11. The lowest BCUT2D eigenvalue weighted by atomic mass is 10.0. The molecule has 0 bridgehead atoms. The number of rotatable bonds is 1. The molecule has 1 aromatic rings. The molecule has 0 aromatic carbocycles. The third-order valence-electron chi connectivity index (χ3n) is 2.75. The molecule has 3 nitrogen and oxygen atoms in total. The Morgan fingerprint density at radius 2 is 2.47 bits per heavy atom. The van der Waals surface area contributed by atoms with Crippen LogP contribution < -0.4 is 0 Å². The maximum Gasteiger partial charge on any atom is 0.265 e. The van der Waals surface area contributed by atoms with Gasteiger partial charge in [0, 0.05) is 12.6 Å². The highest BCUT2D eigenvalue weighted by Crippen LogP contribution is 2.24. The molecule has 5 heteroatoms. The number of hydrogen-bond donors (Lipinski definition) is 0. The SMILES string of the molecule is CC1CCCCN1C(=O)c1cnc(Br)s1. The lowest BCUT2D eigenvalue weighted by Crippen LogP contribution is -2.41. The summed E-state index contributed by atoms with van der Waals surface area (Å²) in [6.07, 6.45) is 5.12. The van der Waals surface area contributed by atoms with Crippen molar-refractivity contribution in [1.29, 1.82) is 0 Å². The summed E-state index contributed by atoms with van der Waals surface area (Å²) in [5, 5.41) is 0. The first-order valence-electron chi connectivity index (χ1n) is 5.11. The molecule has 1 unspecified atom stereocenters.